The molecule has 1 aromatic rings. The van der Waals surface area contributed by atoms with Gasteiger partial charge >= 0.3 is 0 Å². The summed E-state index contributed by atoms with van der Waals surface area (Å²) in [5, 5.41) is 3.57. The molecule has 0 bridgehead atoms. The van der Waals surface area contributed by atoms with Gasteiger partial charge in [-0.2, -0.15) is 0 Å². The highest BCUT2D eigenvalue weighted by Gasteiger charge is 2.26. The molecule has 1 aliphatic rings. The fraction of sp³-hybridized carbons (Fsp3) is 0.632. The van der Waals surface area contributed by atoms with E-state index in [0.29, 0.717) is 5.92 Å². The molecule has 1 aliphatic heterocycles. The van der Waals surface area contributed by atoms with E-state index in [1.54, 1.807) is 7.11 Å². The number of rotatable bonds is 6. The zero-order chi connectivity index (χ0) is 16.7. The second kappa shape index (κ2) is 8.34. The fourth-order valence-electron chi connectivity index (χ4n) is 3.26. The van der Waals surface area contributed by atoms with Crippen LogP contribution in [0.5, 0.6) is 0 Å². The van der Waals surface area contributed by atoms with Gasteiger partial charge in [0.15, 0.2) is 5.96 Å². The van der Waals surface area contributed by atoms with Crippen molar-refractivity contribution in [1.29, 1.82) is 0 Å². The lowest BCUT2D eigenvalue weighted by Gasteiger charge is -2.29. The van der Waals surface area contributed by atoms with E-state index in [9.17, 15) is 0 Å². The zero-order valence-electron chi connectivity index (χ0n) is 15.0. The Hall–Kier alpha value is -1.55. The van der Waals surface area contributed by atoms with Gasteiger partial charge in [-0.25, -0.2) is 0 Å². The highest BCUT2D eigenvalue weighted by Crippen LogP contribution is 2.21. The van der Waals surface area contributed by atoms with Gasteiger partial charge in [-0.3, -0.25) is 4.99 Å². The first-order valence-corrected chi connectivity index (χ1v) is 8.52. The molecule has 0 spiro atoms. The second-order valence-electron chi connectivity index (χ2n) is 7.28. The second-order valence-corrected chi connectivity index (χ2v) is 7.28. The Kier molecular flexibility index (Phi) is 6.46. The number of hydrogen-bond donors (Lipinski definition) is 1. The molecule has 1 aromatic carbocycles. The van der Waals surface area contributed by atoms with Crippen LogP contribution in [0.2, 0.25) is 0 Å². The molecule has 1 saturated heterocycles. The maximum absolute atomic E-state index is 5.28. The van der Waals surface area contributed by atoms with E-state index in [1.807, 2.05) is 7.05 Å². The topological polar surface area (TPSA) is 36.9 Å². The van der Waals surface area contributed by atoms with Crippen LogP contribution >= 0.6 is 0 Å². The average molecular weight is 317 g/mol. The lowest BCUT2D eigenvalue weighted by molar-refractivity contribution is 0.157. The summed E-state index contributed by atoms with van der Waals surface area (Å²) in [6, 6.07) is 10.7. The van der Waals surface area contributed by atoms with E-state index in [0.717, 1.165) is 38.6 Å². The molecule has 1 unspecified atom stereocenters. The lowest BCUT2D eigenvalue weighted by atomic mass is 9.86. The molecule has 1 N–H and O–H groups in total. The van der Waals surface area contributed by atoms with Crippen molar-refractivity contribution in [3.8, 4) is 0 Å². The van der Waals surface area contributed by atoms with Gasteiger partial charge in [0.2, 0.25) is 0 Å². The van der Waals surface area contributed by atoms with E-state index in [1.165, 1.54) is 12.0 Å². The normalized spacial score (nSPS) is 19.2. The SMILES string of the molecule is CN=C(NCC(C)(C)Cc1ccccc1)N1CCC(COC)C1. The van der Waals surface area contributed by atoms with Crippen molar-refractivity contribution in [3.05, 3.63) is 35.9 Å². The minimum atomic E-state index is 0.183. The van der Waals surface area contributed by atoms with Crippen LogP contribution in [0.25, 0.3) is 0 Å². The Balaban J connectivity index is 1.85. The first-order chi connectivity index (χ1) is 11.0. The van der Waals surface area contributed by atoms with Gasteiger partial charge in [-0.1, -0.05) is 44.2 Å². The van der Waals surface area contributed by atoms with Crippen LogP contribution in [0.4, 0.5) is 0 Å². The minimum Gasteiger partial charge on any atom is -0.384 e. The molecule has 1 heterocycles. The molecule has 1 fully saturated rings. The number of nitrogens with zero attached hydrogens (tertiary/aromatic N) is 2. The highest BCUT2D eigenvalue weighted by molar-refractivity contribution is 5.80. The molecule has 2 rings (SSSR count). The van der Waals surface area contributed by atoms with Gasteiger partial charge in [-0.05, 0) is 23.8 Å². The maximum Gasteiger partial charge on any atom is 0.193 e. The standard InChI is InChI=1S/C19H31N3O/c1-19(2,12-16-8-6-5-7-9-16)15-21-18(20-3)22-11-10-17(13-22)14-23-4/h5-9,17H,10-15H2,1-4H3,(H,20,21). The lowest BCUT2D eigenvalue weighted by Crippen LogP contribution is -2.44. The van der Waals surface area contributed by atoms with Crippen molar-refractivity contribution >= 4 is 5.96 Å². The van der Waals surface area contributed by atoms with Crippen LogP contribution < -0.4 is 5.32 Å². The number of nitrogens with one attached hydrogen (secondary N) is 1. The molecule has 1 atom stereocenters. The molecule has 4 heteroatoms. The Morgan fingerprint density at radius 3 is 2.74 bits per heavy atom. The third-order valence-electron chi connectivity index (χ3n) is 4.45. The maximum atomic E-state index is 5.28. The van der Waals surface area contributed by atoms with Crippen LogP contribution in [0.1, 0.15) is 25.8 Å². The first-order valence-electron chi connectivity index (χ1n) is 8.52. The largest absolute Gasteiger partial charge is 0.384 e. The number of guanidine groups is 1. The third-order valence-corrected chi connectivity index (χ3v) is 4.45. The molecular formula is C19H31N3O. The quantitative estimate of drug-likeness (QED) is 0.647. The smallest absolute Gasteiger partial charge is 0.193 e. The van der Waals surface area contributed by atoms with Crippen molar-refractivity contribution in [2.24, 2.45) is 16.3 Å². The number of aliphatic imine (C=N–C) groups is 1. The van der Waals surface area contributed by atoms with E-state index in [-0.39, 0.29) is 5.41 Å². The predicted molar refractivity (Wildman–Crippen MR) is 96.8 cm³/mol. The van der Waals surface area contributed by atoms with Crippen molar-refractivity contribution in [2.75, 3.05) is 40.4 Å². The van der Waals surface area contributed by atoms with Crippen LogP contribution in [0, 0.1) is 11.3 Å². The van der Waals surface area contributed by atoms with Crippen molar-refractivity contribution < 1.29 is 4.74 Å². The average Bonchev–Trinajstić information content (AvgIpc) is 2.97. The van der Waals surface area contributed by atoms with Gasteiger partial charge in [0.25, 0.3) is 0 Å². The Morgan fingerprint density at radius 1 is 1.35 bits per heavy atom. The van der Waals surface area contributed by atoms with Crippen molar-refractivity contribution in [3.63, 3.8) is 0 Å². The van der Waals surface area contributed by atoms with Crippen LogP contribution in [-0.4, -0.2) is 51.3 Å². The molecule has 0 amide bonds. The Morgan fingerprint density at radius 2 is 2.09 bits per heavy atom. The minimum absolute atomic E-state index is 0.183. The molecule has 0 aliphatic carbocycles. The van der Waals surface area contributed by atoms with Gasteiger partial charge in [0, 0.05) is 39.7 Å². The Bertz CT molecular complexity index is 499. The molecule has 4 nitrogen and oxygen atoms in total. The third kappa shape index (κ3) is 5.54. The van der Waals surface area contributed by atoms with Gasteiger partial charge in [-0.15, -0.1) is 0 Å². The zero-order valence-corrected chi connectivity index (χ0v) is 15.0. The summed E-state index contributed by atoms with van der Waals surface area (Å²) in [5.41, 5.74) is 1.57. The van der Waals surface area contributed by atoms with E-state index >= 15 is 0 Å². The summed E-state index contributed by atoms with van der Waals surface area (Å²) < 4.78 is 5.28. The first kappa shape index (κ1) is 17.8. The van der Waals surface area contributed by atoms with E-state index in [4.69, 9.17) is 4.74 Å². The van der Waals surface area contributed by atoms with Crippen LogP contribution in [-0.2, 0) is 11.2 Å². The van der Waals surface area contributed by atoms with Gasteiger partial charge < -0.3 is 15.0 Å². The summed E-state index contributed by atoms with van der Waals surface area (Å²) in [6.07, 6.45) is 2.24. The summed E-state index contributed by atoms with van der Waals surface area (Å²) in [4.78, 5) is 6.81. The van der Waals surface area contributed by atoms with Crippen LogP contribution in [0.15, 0.2) is 35.3 Å². The van der Waals surface area contributed by atoms with Crippen molar-refractivity contribution in [1.82, 2.24) is 10.2 Å². The number of ether oxygens (including phenoxy) is 1. The van der Waals surface area contributed by atoms with E-state index < -0.39 is 0 Å². The molecule has 23 heavy (non-hydrogen) atoms. The van der Waals surface area contributed by atoms with Gasteiger partial charge in [0.05, 0.1) is 6.61 Å². The summed E-state index contributed by atoms with van der Waals surface area (Å²) in [7, 11) is 3.65. The number of hydrogen-bond acceptors (Lipinski definition) is 2. The summed E-state index contributed by atoms with van der Waals surface area (Å²) in [6.45, 7) is 8.46. The molecule has 0 aromatic heterocycles. The summed E-state index contributed by atoms with van der Waals surface area (Å²) >= 11 is 0. The number of methoxy groups -OCH3 is 1. The fourth-order valence-corrected chi connectivity index (χ4v) is 3.26. The van der Waals surface area contributed by atoms with E-state index in [2.05, 4.69) is 59.4 Å². The Labute approximate surface area is 140 Å². The predicted octanol–water partition coefficient (Wildman–Crippen LogP) is 2.80. The van der Waals surface area contributed by atoms with Crippen molar-refractivity contribution in [2.45, 2.75) is 26.7 Å². The monoisotopic (exact) mass is 317 g/mol. The number of benzene rings is 1. The molecular weight excluding hydrogens is 286 g/mol. The molecule has 0 radical (unpaired) electrons. The molecule has 128 valence electrons. The molecule has 0 saturated carbocycles. The summed E-state index contributed by atoms with van der Waals surface area (Å²) in [5.74, 6) is 1.64. The van der Waals surface area contributed by atoms with Gasteiger partial charge in [0.1, 0.15) is 0 Å². The highest BCUT2D eigenvalue weighted by atomic mass is 16.5. The van der Waals surface area contributed by atoms with Crippen LogP contribution in [0.3, 0.4) is 0 Å². The number of likely N-dealkylation sites (tertiary alicyclic amines) is 1.